The average Bonchev–Trinajstić information content (AvgIpc) is 3.10. The van der Waals surface area contributed by atoms with E-state index in [4.69, 9.17) is 14.2 Å². The van der Waals surface area contributed by atoms with Crippen molar-refractivity contribution < 1.29 is 23.8 Å². The normalized spacial score (nSPS) is 10.7. The summed E-state index contributed by atoms with van der Waals surface area (Å²) in [7, 11) is 0. The van der Waals surface area contributed by atoms with E-state index in [1.165, 1.54) is 16.7 Å². The van der Waals surface area contributed by atoms with Crippen LogP contribution in [0.1, 0.15) is 38.1 Å². The van der Waals surface area contributed by atoms with E-state index in [0.29, 0.717) is 49.1 Å². The summed E-state index contributed by atoms with van der Waals surface area (Å²) in [6.07, 6.45) is 0. The third-order valence-electron chi connectivity index (χ3n) is 5.03. The summed E-state index contributed by atoms with van der Waals surface area (Å²) in [6, 6.07) is 10.3. The molecule has 3 rings (SSSR count). The number of rotatable bonds is 10. The number of para-hydroxylation sites is 2. The van der Waals surface area contributed by atoms with Crippen LogP contribution in [-0.4, -0.2) is 40.8 Å². The van der Waals surface area contributed by atoms with E-state index in [0.717, 1.165) is 5.52 Å². The van der Waals surface area contributed by atoms with E-state index in [2.05, 4.69) is 10.9 Å². The first-order valence-electron chi connectivity index (χ1n) is 11.3. The zero-order chi connectivity index (χ0) is 24.7. The summed E-state index contributed by atoms with van der Waals surface area (Å²) in [4.78, 5) is 38.0. The SMILES string of the molecule is CCOc1cc(C(=O)NNC(=O)Cn2c(=O)n(CC)c3ccccc32)cc(OCC)c1OCC. The molecule has 1 aromatic heterocycles. The molecular weight excluding hydrogens is 440 g/mol. The van der Waals surface area contributed by atoms with Crippen molar-refractivity contribution in [1.29, 1.82) is 0 Å². The number of carbonyl (C=O) groups is 2. The molecule has 182 valence electrons. The van der Waals surface area contributed by atoms with Crippen LogP contribution in [0.4, 0.5) is 0 Å². The van der Waals surface area contributed by atoms with E-state index >= 15 is 0 Å². The van der Waals surface area contributed by atoms with Gasteiger partial charge in [-0.15, -0.1) is 0 Å². The number of aromatic nitrogens is 2. The monoisotopic (exact) mass is 470 g/mol. The Bertz CT molecular complexity index is 1200. The van der Waals surface area contributed by atoms with Crippen molar-refractivity contribution >= 4 is 22.8 Å². The van der Waals surface area contributed by atoms with Gasteiger partial charge in [-0.05, 0) is 52.0 Å². The number of nitrogens with one attached hydrogen (secondary N) is 2. The Hall–Kier alpha value is -3.95. The maximum absolute atomic E-state index is 12.8. The van der Waals surface area contributed by atoms with Gasteiger partial charge in [0, 0.05) is 12.1 Å². The van der Waals surface area contributed by atoms with Crippen LogP contribution in [0.2, 0.25) is 0 Å². The summed E-state index contributed by atoms with van der Waals surface area (Å²) in [5, 5.41) is 0. The van der Waals surface area contributed by atoms with Gasteiger partial charge in [0.2, 0.25) is 5.75 Å². The van der Waals surface area contributed by atoms with Crippen molar-refractivity contribution in [3.8, 4) is 17.2 Å². The number of imidazole rings is 1. The summed E-state index contributed by atoms with van der Waals surface area (Å²) < 4.78 is 19.9. The fourth-order valence-electron chi connectivity index (χ4n) is 3.63. The Labute approximate surface area is 197 Å². The molecule has 0 radical (unpaired) electrons. The summed E-state index contributed by atoms with van der Waals surface area (Å²) in [6.45, 7) is 8.71. The Morgan fingerprint density at radius 3 is 1.91 bits per heavy atom. The lowest BCUT2D eigenvalue weighted by atomic mass is 10.1. The van der Waals surface area contributed by atoms with Crippen LogP contribution < -0.4 is 30.8 Å². The molecular formula is C24H30N4O6. The third-order valence-corrected chi connectivity index (χ3v) is 5.03. The number of ether oxygens (including phenoxy) is 3. The van der Waals surface area contributed by atoms with Gasteiger partial charge < -0.3 is 14.2 Å². The molecule has 0 unspecified atom stereocenters. The highest BCUT2D eigenvalue weighted by atomic mass is 16.5. The Morgan fingerprint density at radius 2 is 1.38 bits per heavy atom. The van der Waals surface area contributed by atoms with Gasteiger partial charge in [-0.25, -0.2) is 4.79 Å². The second-order valence-electron chi connectivity index (χ2n) is 7.20. The number of nitrogens with zero attached hydrogens (tertiary/aromatic N) is 2. The largest absolute Gasteiger partial charge is 0.490 e. The molecule has 2 amide bonds. The summed E-state index contributed by atoms with van der Waals surface area (Å²) in [5.74, 6) is 0.0342. The number of benzene rings is 2. The molecule has 0 bridgehead atoms. The van der Waals surface area contributed by atoms with Gasteiger partial charge in [-0.1, -0.05) is 12.1 Å². The minimum absolute atomic E-state index is 0.218. The van der Waals surface area contributed by atoms with Crippen LogP contribution in [0.25, 0.3) is 11.0 Å². The molecule has 34 heavy (non-hydrogen) atoms. The minimum atomic E-state index is -0.568. The highest BCUT2D eigenvalue weighted by Gasteiger charge is 2.19. The van der Waals surface area contributed by atoms with E-state index in [-0.39, 0.29) is 17.8 Å². The number of amides is 2. The molecule has 1 heterocycles. The topological polar surface area (TPSA) is 113 Å². The first kappa shape index (κ1) is 24.7. The number of hydrogen-bond donors (Lipinski definition) is 2. The second kappa shape index (κ2) is 11.3. The Balaban J connectivity index is 1.77. The Morgan fingerprint density at radius 1 is 0.824 bits per heavy atom. The number of aryl methyl sites for hydroxylation is 1. The lowest BCUT2D eigenvalue weighted by Crippen LogP contribution is -2.44. The predicted octanol–water partition coefficient (Wildman–Crippen LogP) is 2.48. The molecule has 0 aliphatic carbocycles. The number of hydrogen-bond acceptors (Lipinski definition) is 6. The number of carbonyl (C=O) groups excluding carboxylic acids is 2. The van der Waals surface area contributed by atoms with Crippen LogP contribution in [0.5, 0.6) is 17.2 Å². The third kappa shape index (κ3) is 5.16. The van der Waals surface area contributed by atoms with Gasteiger partial charge in [0.05, 0.1) is 30.9 Å². The van der Waals surface area contributed by atoms with Crippen molar-refractivity contribution in [2.45, 2.75) is 40.8 Å². The fourth-order valence-corrected chi connectivity index (χ4v) is 3.63. The molecule has 0 aliphatic heterocycles. The molecule has 2 N–H and O–H groups in total. The van der Waals surface area contributed by atoms with Gasteiger partial charge in [-0.2, -0.15) is 0 Å². The van der Waals surface area contributed by atoms with Crippen LogP contribution in [0.15, 0.2) is 41.2 Å². The van der Waals surface area contributed by atoms with E-state index < -0.39 is 11.8 Å². The molecule has 3 aromatic rings. The van der Waals surface area contributed by atoms with Gasteiger partial charge >= 0.3 is 5.69 Å². The molecule has 0 spiro atoms. The van der Waals surface area contributed by atoms with Crippen molar-refractivity contribution in [2.75, 3.05) is 19.8 Å². The highest BCUT2D eigenvalue weighted by Crippen LogP contribution is 2.39. The summed E-state index contributed by atoms with van der Waals surface area (Å²) in [5.41, 5.74) is 6.07. The van der Waals surface area contributed by atoms with Crippen molar-refractivity contribution in [2.24, 2.45) is 0 Å². The fraction of sp³-hybridized carbons (Fsp3) is 0.375. The predicted molar refractivity (Wildman–Crippen MR) is 127 cm³/mol. The highest BCUT2D eigenvalue weighted by molar-refractivity contribution is 5.96. The molecule has 0 aliphatic rings. The molecule has 0 fully saturated rings. The zero-order valence-electron chi connectivity index (χ0n) is 19.8. The molecule has 0 saturated heterocycles. The summed E-state index contributed by atoms with van der Waals surface area (Å²) >= 11 is 0. The van der Waals surface area contributed by atoms with E-state index in [1.54, 1.807) is 16.7 Å². The molecule has 10 heteroatoms. The maximum atomic E-state index is 12.8. The average molecular weight is 471 g/mol. The maximum Gasteiger partial charge on any atom is 0.329 e. The lowest BCUT2D eigenvalue weighted by molar-refractivity contribution is -0.122. The lowest BCUT2D eigenvalue weighted by Gasteiger charge is -2.17. The Kier molecular flexibility index (Phi) is 8.18. The van der Waals surface area contributed by atoms with Gasteiger partial charge in [0.25, 0.3) is 11.8 Å². The van der Waals surface area contributed by atoms with Crippen LogP contribution >= 0.6 is 0 Å². The van der Waals surface area contributed by atoms with Crippen molar-refractivity contribution in [3.63, 3.8) is 0 Å². The zero-order valence-corrected chi connectivity index (χ0v) is 19.8. The minimum Gasteiger partial charge on any atom is -0.490 e. The molecule has 10 nitrogen and oxygen atoms in total. The van der Waals surface area contributed by atoms with E-state index in [1.807, 2.05) is 39.8 Å². The van der Waals surface area contributed by atoms with Crippen LogP contribution in [-0.2, 0) is 17.9 Å². The van der Waals surface area contributed by atoms with Crippen molar-refractivity contribution in [1.82, 2.24) is 20.0 Å². The van der Waals surface area contributed by atoms with Crippen LogP contribution in [0.3, 0.4) is 0 Å². The molecule has 0 saturated carbocycles. The van der Waals surface area contributed by atoms with E-state index in [9.17, 15) is 14.4 Å². The van der Waals surface area contributed by atoms with Gasteiger partial charge in [0.15, 0.2) is 11.5 Å². The quantitative estimate of drug-likeness (QED) is 0.440. The first-order valence-corrected chi connectivity index (χ1v) is 11.3. The number of hydrazine groups is 1. The van der Waals surface area contributed by atoms with Gasteiger partial charge in [-0.3, -0.25) is 29.6 Å². The van der Waals surface area contributed by atoms with Crippen molar-refractivity contribution in [3.05, 3.63) is 52.4 Å². The standard InChI is InChI=1S/C24H30N4O6/c1-5-27-17-11-9-10-12-18(17)28(24(27)31)15-21(29)25-26-23(30)16-13-19(32-6-2)22(34-8-4)20(14-16)33-7-3/h9-14H,5-8,15H2,1-4H3,(H,25,29)(H,26,30). The van der Waals surface area contributed by atoms with Crippen LogP contribution in [0, 0.1) is 0 Å². The second-order valence-corrected chi connectivity index (χ2v) is 7.20. The smallest absolute Gasteiger partial charge is 0.329 e. The molecule has 2 aromatic carbocycles. The number of fused-ring (bicyclic) bond motifs is 1. The van der Waals surface area contributed by atoms with Gasteiger partial charge in [0.1, 0.15) is 6.54 Å². The first-order chi connectivity index (χ1) is 16.4. The molecule has 0 atom stereocenters.